The molecule has 0 atom stereocenters. The summed E-state index contributed by atoms with van der Waals surface area (Å²) in [7, 11) is 0. The van der Waals surface area contributed by atoms with Gasteiger partial charge in [0, 0.05) is 18.8 Å². The lowest BCUT2D eigenvalue weighted by Gasteiger charge is -2.29. The van der Waals surface area contributed by atoms with Crippen molar-refractivity contribution in [3.05, 3.63) is 58.5 Å². The number of carbonyl (C=O) groups excluding carboxylic acids is 2. The first-order valence-electron chi connectivity index (χ1n) is 10.3. The van der Waals surface area contributed by atoms with E-state index in [1.165, 1.54) is 12.1 Å². The molecule has 7 nitrogen and oxygen atoms in total. The Morgan fingerprint density at radius 1 is 1.13 bits per heavy atom. The highest BCUT2D eigenvalue weighted by molar-refractivity contribution is 8.18. The molecule has 9 heteroatoms. The van der Waals surface area contributed by atoms with Crippen molar-refractivity contribution < 1.29 is 14.0 Å². The van der Waals surface area contributed by atoms with Gasteiger partial charge in [-0.1, -0.05) is 12.1 Å². The minimum atomic E-state index is -0.394. The molecule has 1 aromatic heterocycles. The van der Waals surface area contributed by atoms with Gasteiger partial charge in [-0.05, 0) is 79.7 Å². The maximum atomic E-state index is 13.0. The molecule has 1 aliphatic carbocycles. The Balaban J connectivity index is 1.23. The Labute approximate surface area is 184 Å². The number of carbonyl (C=O) groups is 2. The molecular formula is C22H24FN5O2S. The lowest BCUT2D eigenvalue weighted by molar-refractivity contribution is -0.115. The number of halogens is 1. The number of nitrogens with one attached hydrogen (secondary N) is 3. The summed E-state index contributed by atoms with van der Waals surface area (Å²) in [5.41, 5.74) is 1.67. The molecule has 1 aliphatic heterocycles. The molecule has 0 spiro atoms. The summed E-state index contributed by atoms with van der Waals surface area (Å²) >= 11 is 0.874. The number of thioether (sulfide) groups is 1. The summed E-state index contributed by atoms with van der Waals surface area (Å²) in [5.74, 6) is 0.543. The summed E-state index contributed by atoms with van der Waals surface area (Å²) < 4.78 is 13.0. The van der Waals surface area contributed by atoms with Crippen molar-refractivity contribution >= 4 is 34.9 Å². The Kier molecular flexibility index (Phi) is 6.93. The third-order valence-electron chi connectivity index (χ3n) is 5.45. The molecule has 31 heavy (non-hydrogen) atoms. The van der Waals surface area contributed by atoms with E-state index in [0.29, 0.717) is 28.5 Å². The van der Waals surface area contributed by atoms with Crippen molar-refractivity contribution in [2.45, 2.75) is 38.3 Å². The van der Waals surface area contributed by atoms with Crippen LogP contribution in [0.25, 0.3) is 6.08 Å². The maximum absolute atomic E-state index is 13.0. The van der Waals surface area contributed by atoms with Crippen LogP contribution >= 0.6 is 11.8 Å². The average Bonchev–Trinajstić information content (AvgIpc) is 3.07. The molecule has 0 unspecified atom stereocenters. The van der Waals surface area contributed by atoms with Crippen LogP contribution in [0.5, 0.6) is 0 Å². The number of anilines is 1. The number of rotatable bonds is 7. The van der Waals surface area contributed by atoms with Gasteiger partial charge < -0.3 is 10.6 Å². The molecule has 2 heterocycles. The molecule has 0 radical (unpaired) electrons. The van der Waals surface area contributed by atoms with E-state index in [4.69, 9.17) is 0 Å². The summed E-state index contributed by atoms with van der Waals surface area (Å²) in [4.78, 5) is 32.1. The molecule has 4 rings (SSSR count). The molecule has 2 aliphatic rings. The lowest BCUT2D eigenvalue weighted by Crippen LogP contribution is -2.31. The minimum absolute atomic E-state index is 0.209. The quantitative estimate of drug-likeness (QED) is 0.564. The van der Waals surface area contributed by atoms with Gasteiger partial charge >= 0.3 is 0 Å². The lowest BCUT2D eigenvalue weighted by atomic mass is 9.86. The van der Waals surface area contributed by atoms with Gasteiger partial charge in [0.15, 0.2) is 0 Å². The third-order valence-corrected chi connectivity index (χ3v) is 6.26. The summed E-state index contributed by atoms with van der Waals surface area (Å²) in [5, 5.41) is 8.73. The van der Waals surface area contributed by atoms with Crippen LogP contribution in [0.1, 0.15) is 36.9 Å². The standard InChI is InChI=1S/C22H24FN5O2S/c23-16-5-1-14(2-6-16)12-24-13-15-3-7-17(8-4-15)26-21-25-10-9-18(27-21)11-19-20(29)28-22(30)31-19/h1-2,5-6,9-11,15,17,24H,3-4,7-8,12-13H2,(H,25,26,27)(H,28,29,30). The van der Waals surface area contributed by atoms with Crippen LogP contribution in [0.2, 0.25) is 0 Å². The van der Waals surface area contributed by atoms with Gasteiger partial charge in [-0.25, -0.2) is 14.4 Å². The smallest absolute Gasteiger partial charge is 0.290 e. The number of imide groups is 1. The zero-order chi connectivity index (χ0) is 21.6. The van der Waals surface area contributed by atoms with E-state index in [1.807, 2.05) is 12.1 Å². The summed E-state index contributed by atoms with van der Waals surface area (Å²) in [6.45, 7) is 1.69. The molecule has 2 amide bonds. The number of benzene rings is 1. The fraction of sp³-hybridized carbons (Fsp3) is 0.364. The monoisotopic (exact) mass is 441 g/mol. The third kappa shape index (κ3) is 6.11. The zero-order valence-electron chi connectivity index (χ0n) is 16.9. The van der Waals surface area contributed by atoms with Gasteiger partial charge in [-0.3, -0.25) is 14.9 Å². The Hall–Kier alpha value is -2.78. The van der Waals surface area contributed by atoms with Gasteiger partial charge in [-0.2, -0.15) is 0 Å². The number of nitrogens with zero attached hydrogens (tertiary/aromatic N) is 2. The van der Waals surface area contributed by atoms with E-state index in [0.717, 1.165) is 56.1 Å². The van der Waals surface area contributed by atoms with E-state index in [9.17, 15) is 14.0 Å². The van der Waals surface area contributed by atoms with Gasteiger partial charge in [0.2, 0.25) is 5.95 Å². The Morgan fingerprint density at radius 3 is 2.61 bits per heavy atom. The molecule has 1 saturated carbocycles. The first kappa shape index (κ1) is 21.5. The molecule has 2 fully saturated rings. The van der Waals surface area contributed by atoms with Crippen LogP contribution in [0.4, 0.5) is 15.1 Å². The first-order chi connectivity index (χ1) is 15.0. The molecule has 3 N–H and O–H groups in total. The second-order valence-corrected chi connectivity index (χ2v) is 8.79. The highest BCUT2D eigenvalue weighted by atomic mass is 32.2. The van der Waals surface area contributed by atoms with Gasteiger partial charge in [0.25, 0.3) is 11.1 Å². The topological polar surface area (TPSA) is 96.0 Å². The zero-order valence-corrected chi connectivity index (χ0v) is 17.8. The normalized spacial score (nSPS) is 22.5. The molecule has 0 bridgehead atoms. The SMILES string of the molecule is O=C1NC(=O)C(=Cc2ccnc(NC3CCC(CNCc4ccc(F)cc4)CC3)n2)S1. The van der Waals surface area contributed by atoms with Crippen molar-refractivity contribution in [3.63, 3.8) is 0 Å². The second kappa shape index (κ2) is 10.0. The fourth-order valence-electron chi connectivity index (χ4n) is 3.79. The van der Waals surface area contributed by atoms with E-state index in [2.05, 4.69) is 25.9 Å². The van der Waals surface area contributed by atoms with Crippen molar-refractivity contribution in [1.29, 1.82) is 0 Å². The van der Waals surface area contributed by atoms with E-state index >= 15 is 0 Å². The molecule has 162 valence electrons. The van der Waals surface area contributed by atoms with Crippen molar-refractivity contribution in [2.75, 3.05) is 11.9 Å². The number of aromatic nitrogens is 2. The van der Waals surface area contributed by atoms with Crippen molar-refractivity contribution in [2.24, 2.45) is 5.92 Å². The number of hydrogen-bond donors (Lipinski definition) is 3. The molecule has 1 aromatic carbocycles. The van der Waals surface area contributed by atoms with E-state index in [1.54, 1.807) is 18.3 Å². The van der Waals surface area contributed by atoms with Crippen LogP contribution in [0.3, 0.4) is 0 Å². The van der Waals surface area contributed by atoms with Crippen LogP contribution in [0, 0.1) is 11.7 Å². The van der Waals surface area contributed by atoms with Crippen LogP contribution in [0.15, 0.2) is 41.4 Å². The number of amides is 2. The van der Waals surface area contributed by atoms with Gasteiger partial charge in [-0.15, -0.1) is 0 Å². The Bertz CT molecular complexity index is 974. The van der Waals surface area contributed by atoms with Crippen LogP contribution in [-0.2, 0) is 11.3 Å². The molecular weight excluding hydrogens is 417 g/mol. The first-order valence-corrected chi connectivity index (χ1v) is 11.2. The van der Waals surface area contributed by atoms with Crippen LogP contribution < -0.4 is 16.0 Å². The van der Waals surface area contributed by atoms with E-state index in [-0.39, 0.29) is 11.1 Å². The van der Waals surface area contributed by atoms with Crippen LogP contribution in [-0.4, -0.2) is 33.7 Å². The maximum Gasteiger partial charge on any atom is 0.290 e. The predicted octanol–water partition coefficient (Wildman–Crippen LogP) is 3.70. The fourth-order valence-corrected chi connectivity index (χ4v) is 4.46. The largest absolute Gasteiger partial charge is 0.351 e. The van der Waals surface area contributed by atoms with Gasteiger partial charge in [0.1, 0.15) is 5.82 Å². The molecule has 2 aromatic rings. The van der Waals surface area contributed by atoms with Crippen molar-refractivity contribution in [1.82, 2.24) is 20.6 Å². The Morgan fingerprint density at radius 2 is 1.90 bits per heavy atom. The highest BCUT2D eigenvalue weighted by Crippen LogP contribution is 2.27. The van der Waals surface area contributed by atoms with Gasteiger partial charge in [0.05, 0.1) is 10.6 Å². The van der Waals surface area contributed by atoms with Crippen molar-refractivity contribution in [3.8, 4) is 0 Å². The second-order valence-electron chi connectivity index (χ2n) is 7.78. The van der Waals surface area contributed by atoms with E-state index < -0.39 is 5.91 Å². The summed E-state index contributed by atoms with van der Waals surface area (Å²) in [6, 6.07) is 8.61. The predicted molar refractivity (Wildman–Crippen MR) is 119 cm³/mol. The summed E-state index contributed by atoms with van der Waals surface area (Å²) in [6.07, 6.45) is 7.52. The minimum Gasteiger partial charge on any atom is -0.351 e. The molecule has 1 saturated heterocycles. The number of hydrogen-bond acceptors (Lipinski definition) is 7. The highest BCUT2D eigenvalue weighted by Gasteiger charge is 2.25. The average molecular weight is 442 g/mol.